The van der Waals surface area contributed by atoms with Crippen LogP contribution in [0.3, 0.4) is 0 Å². The first-order valence-corrected chi connectivity index (χ1v) is 8.41. The van der Waals surface area contributed by atoms with Crippen molar-refractivity contribution in [3.05, 3.63) is 0 Å². The fraction of sp³-hybridized carbons (Fsp3) is 0.882. The van der Waals surface area contributed by atoms with Crippen molar-refractivity contribution in [2.75, 3.05) is 0 Å². The zero-order valence-corrected chi connectivity index (χ0v) is 14.2. The second-order valence-corrected chi connectivity index (χ2v) is 7.70. The first-order chi connectivity index (χ1) is 9.75. The highest BCUT2D eigenvalue weighted by atomic mass is 16.2. The third-order valence-electron chi connectivity index (χ3n) is 5.14. The summed E-state index contributed by atoms with van der Waals surface area (Å²) in [5.41, 5.74) is -0.887. The van der Waals surface area contributed by atoms with Gasteiger partial charge in [-0.2, -0.15) is 0 Å². The maximum Gasteiger partial charge on any atom is 0.249 e. The predicted octanol–water partition coefficient (Wildman–Crippen LogP) is 2.86. The molecule has 2 aliphatic rings. The van der Waals surface area contributed by atoms with E-state index in [-0.39, 0.29) is 29.3 Å². The maximum atomic E-state index is 13.2. The fourth-order valence-electron chi connectivity index (χ4n) is 4.14. The van der Waals surface area contributed by atoms with Crippen LogP contribution in [-0.2, 0) is 9.59 Å². The molecule has 4 nitrogen and oxygen atoms in total. The van der Waals surface area contributed by atoms with Crippen LogP contribution >= 0.6 is 0 Å². The Hall–Kier alpha value is -1.06. The van der Waals surface area contributed by atoms with E-state index in [2.05, 4.69) is 26.1 Å². The van der Waals surface area contributed by atoms with Gasteiger partial charge < -0.3 is 10.2 Å². The molecule has 0 radical (unpaired) electrons. The molecule has 0 aromatic rings. The maximum absolute atomic E-state index is 13.2. The molecule has 2 rings (SSSR count). The highest BCUT2D eigenvalue weighted by Crippen LogP contribution is 2.39. The van der Waals surface area contributed by atoms with Crippen molar-refractivity contribution in [2.24, 2.45) is 5.92 Å². The summed E-state index contributed by atoms with van der Waals surface area (Å²) in [4.78, 5) is 27.9. The zero-order valence-electron chi connectivity index (χ0n) is 14.2. The van der Waals surface area contributed by atoms with Gasteiger partial charge in [0.2, 0.25) is 11.8 Å². The quantitative estimate of drug-likeness (QED) is 0.866. The van der Waals surface area contributed by atoms with E-state index in [4.69, 9.17) is 0 Å². The zero-order chi connectivity index (χ0) is 15.8. The Kier molecular flexibility index (Phi) is 4.36. The third kappa shape index (κ3) is 2.69. The van der Waals surface area contributed by atoms with Crippen molar-refractivity contribution in [3.63, 3.8) is 0 Å². The van der Waals surface area contributed by atoms with Gasteiger partial charge >= 0.3 is 0 Å². The van der Waals surface area contributed by atoms with Gasteiger partial charge in [0, 0.05) is 5.54 Å². The monoisotopic (exact) mass is 294 g/mol. The van der Waals surface area contributed by atoms with E-state index in [1.807, 2.05) is 18.7 Å². The lowest BCUT2D eigenvalue weighted by Crippen LogP contribution is -2.74. The molecule has 1 aliphatic heterocycles. The van der Waals surface area contributed by atoms with Crippen LogP contribution in [0.2, 0.25) is 0 Å². The molecule has 21 heavy (non-hydrogen) atoms. The summed E-state index contributed by atoms with van der Waals surface area (Å²) in [7, 11) is 0. The summed E-state index contributed by atoms with van der Waals surface area (Å²) >= 11 is 0. The van der Waals surface area contributed by atoms with Crippen molar-refractivity contribution >= 4 is 11.8 Å². The van der Waals surface area contributed by atoms with Gasteiger partial charge in [-0.25, -0.2) is 0 Å². The second-order valence-electron chi connectivity index (χ2n) is 7.70. The number of carbonyl (C=O) groups is 2. The first kappa shape index (κ1) is 16.3. The Morgan fingerprint density at radius 3 is 2.33 bits per heavy atom. The lowest BCUT2D eigenvalue weighted by Gasteiger charge is -2.52. The van der Waals surface area contributed by atoms with Crippen molar-refractivity contribution in [1.82, 2.24) is 10.2 Å². The van der Waals surface area contributed by atoms with Gasteiger partial charge in [-0.1, -0.05) is 40.0 Å². The second kappa shape index (κ2) is 5.62. The summed E-state index contributed by atoms with van der Waals surface area (Å²) < 4.78 is 0. The molecule has 1 spiro atoms. The molecule has 1 saturated carbocycles. The van der Waals surface area contributed by atoms with Gasteiger partial charge in [0.1, 0.15) is 11.6 Å². The molecule has 2 fully saturated rings. The summed E-state index contributed by atoms with van der Waals surface area (Å²) in [6, 6.07) is -0.342. The van der Waals surface area contributed by atoms with Crippen LogP contribution in [0.25, 0.3) is 0 Å². The number of hydrogen-bond donors (Lipinski definition) is 1. The molecule has 1 heterocycles. The van der Waals surface area contributed by atoms with Crippen LogP contribution in [0.4, 0.5) is 0 Å². The fourth-order valence-corrected chi connectivity index (χ4v) is 4.14. The number of rotatable bonds is 4. The number of amides is 2. The van der Waals surface area contributed by atoms with E-state index in [9.17, 15) is 9.59 Å². The van der Waals surface area contributed by atoms with E-state index in [1.54, 1.807) is 0 Å². The number of hydrogen-bond acceptors (Lipinski definition) is 2. The van der Waals surface area contributed by atoms with Crippen LogP contribution in [0, 0.1) is 5.92 Å². The molecule has 0 aromatic heterocycles. The molecule has 1 unspecified atom stereocenters. The summed E-state index contributed by atoms with van der Waals surface area (Å²) in [6.07, 6.45) is 5.57. The van der Waals surface area contributed by atoms with Crippen molar-refractivity contribution < 1.29 is 9.59 Å². The standard InChI is InChI=1S/C17H30N2O2/c1-6-9-16(4,5)19-13(12(2)3)14(20)18-17(15(19)21)10-7-8-11-17/h12-13H,6-11H2,1-5H3,(H,18,20). The largest absolute Gasteiger partial charge is 0.340 e. The number of nitrogens with one attached hydrogen (secondary N) is 1. The Morgan fingerprint density at radius 2 is 1.86 bits per heavy atom. The van der Waals surface area contributed by atoms with Crippen molar-refractivity contribution in [2.45, 2.75) is 90.3 Å². The molecule has 1 N–H and O–H groups in total. The smallest absolute Gasteiger partial charge is 0.249 e. The van der Waals surface area contributed by atoms with E-state index in [0.717, 1.165) is 38.5 Å². The van der Waals surface area contributed by atoms with Gasteiger partial charge in [-0.3, -0.25) is 9.59 Å². The minimum atomic E-state index is -0.618. The van der Waals surface area contributed by atoms with Crippen LogP contribution in [0.15, 0.2) is 0 Å². The normalized spacial score (nSPS) is 25.8. The molecule has 2 amide bonds. The number of nitrogens with zero attached hydrogens (tertiary/aromatic N) is 1. The van der Waals surface area contributed by atoms with Gasteiger partial charge in [0.25, 0.3) is 0 Å². The molecular formula is C17H30N2O2. The van der Waals surface area contributed by atoms with E-state index in [0.29, 0.717) is 0 Å². The highest BCUT2D eigenvalue weighted by molar-refractivity contribution is 6.00. The van der Waals surface area contributed by atoms with Crippen molar-refractivity contribution in [3.8, 4) is 0 Å². The Labute approximate surface area is 128 Å². The molecule has 1 saturated heterocycles. The Balaban J connectivity index is 2.42. The van der Waals surface area contributed by atoms with Gasteiger partial charge in [-0.15, -0.1) is 0 Å². The lowest BCUT2D eigenvalue weighted by molar-refractivity contribution is -0.164. The first-order valence-electron chi connectivity index (χ1n) is 8.41. The molecule has 1 aliphatic carbocycles. The van der Waals surface area contributed by atoms with Gasteiger partial charge in [0.05, 0.1) is 0 Å². The van der Waals surface area contributed by atoms with Gasteiger partial charge in [0.15, 0.2) is 0 Å². The molecular weight excluding hydrogens is 264 g/mol. The number of carbonyl (C=O) groups excluding carboxylic acids is 2. The van der Waals surface area contributed by atoms with Crippen LogP contribution in [0.1, 0.15) is 73.1 Å². The van der Waals surface area contributed by atoms with E-state index < -0.39 is 5.54 Å². The van der Waals surface area contributed by atoms with Crippen LogP contribution < -0.4 is 5.32 Å². The van der Waals surface area contributed by atoms with Crippen LogP contribution in [0.5, 0.6) is 0 Å². The molecule has 0 bridgehead atoms. The Morgan fingerprint density at radius 1 is 1.29 bits per heavy atom. The third-order valence-corrected chi connectivity index (χ3v) is 5.14. The summed E-state index contributed by atoms with van der Waals surface area (Å²) in [5, 5.41) is 3.09. The lowest BCUT2D eigenvalue weighted by atomic mass is 9.82. The van der Waals surface area contributed by atoms with E-state index >= 15 is 0 Å². The molecule has 4 heteroatoms. The van der Waals surface area contributed by atoms with Gasteiger partial charge in [-0.05, 0) is 39.0 Å². The molecule has 0 aromatic carbocycles. The van der Waals surface area contributed by atoms with Crippen LogP contribution in [-0.4, -0.2) is 33.8 Å². The highest BCUT2D eigenvalue weighted by Gasteiger charge is 2.55. The van der Waals surface area contributed by atoms with Crippen molar-refractivity contribution in [1.29, 1.82) is 0 Å². The average molecular weight is 294 g/mol. The van der Waals surface area contributed by atoms with E-state index in [1.165, 1.54) is 0 Å². The summed E-state index contributed by atoms with van der Waals surface area (Å²) in [6.45, 7) is 10.4. The summed E-state index contributed by atoms with van der Waals surface area (Å²) in [5.74, 6) is 0.316. The average Bonchev–Trinajstić information content (AvgIpc) is 2.82. The number of piperazine rings is 1. The minimum absolute atomic E-state index is 0.0377. The Bertz CT molecular complexity index is 423. The predicted molar refractivity (Wildman–Crippen MR) is 83.8 cm³/mol. The SMILES string of the molecule is CCCC(C)(C)N1C(=O)C2(CCCC2)NC(=O)C1C(C)C. The molecule has 1 atom stereocenters. The molecule has 120 valence electrons. The topological polar surface area (TPSA) is 49.4 Å². The minimum Gasteiger partial charge on any atom is -0.340 e.